The van der Waals surface area contributed by atoms with Crippen LogP contribution in [-0.2, 0) is 6.42 Å². The fourth-order valence-electron chi connectivity index (χ4n) is 1.71. The van der Waals surface area contributed by atoms with Crippen LogP contribution in [0.4, 0.5) is 0 Å². The highest BCUT2D eigenvalue weighted by Gasteiger charge is 2.12. The molecule has 0 saturated carbocycles. The van der Waals surface area contributed by atoms with E-state index in [0.717, 1.165) is 18.5 Å². The Morgan fingerprint density at radius 1 is 1.35 bits per heavy atom. The monoisotopic (exact) mass is 311 g/mol. The molecule has 0 radical (unpaired) electrons. The zero-order chi connectivity index (χ0) is 12.1. The van der Waals surface area contributed by atoms with Gasteiger partial charge in [-0.1, -0.05) is 6.92 Å². The van der Waals surface area contributed by atoms with Gasteiger partial charge in [0.15, 0.2) is 0 Å². The molecule has 2 rings (SSSR count). The van der Waals surface area contributed by atoms with Crippen LogP contribution >= 0.6 is 27.3 Å². The number of likely N-dealkylation sites (N-methyl/N-ethyl adjacent to an activating group) is 1. The molecule has 3 nitrogen and oxygen atoms in total. The molecule has 17 heavy (non-hydrogen) atoms. The second-order valence-corrected chi connectivity index (χ2v) is 6.24. The van der Waals surface area contributed by atoms with E-state index in [1.165, 1.54) is 8.66 Å². The van der Waals surface area contributed by atoms with E-state index in [1.807, 2.05) is 12.4 Å². The Morgan fingerprint density at radius 2 is 2.12 bits per heavy atom. The highest BCUT2D eigenvalue weighted by Crippen LogP contribution is 2.26. The molecule has 5 heteroatoms. The molecule has 1 atom stereocenters. The number of halogens is 1. The van der Waals surface area contributed by atoms with Gasteiger partial charge in [0.05, 0.1) is 3.79 Å². The molecule has 0 saturated heterocycles. The summed E-state index contributed by atoms with van der Waals surface area (Å²) >= 11 is 5.26. The second-order valence-electron chi connectivity index (χ2n) is 3.69. The maximum atomic E-state index is 4.08. The molecule has 90 valence electrons. The van der Waals surface area contributed by atoms with E-state index >= 15 is 0 Å². The van der Waals surface area contributed by atoms with Crippen LogP contribution in [0.1, 0.15) is 23.4 Å². The molecule has 1 unspecified atom stereocenters. The van der Waals surface area contributed by atoms with Crippen LogP contribution in [0.3, 0.4) is 0 Å². The Balaban J connectivity index is 2.13. The molecule has 1 N–H and O–H groups in total. The lowest BCUT2D eigenvalue weighted by atomic mass is 10.1. The van der Waals surface area contributed by atoms with Crippen molar-refractivity contribution in [1.82, 2.24) is 15.3 Å². The largest absolute Gasteiger partial charge is 0.310 e. The van der Waals surface area contributed by atoms with E-state index in [4.69, 9.17) is 0 Å². The fraction of sp³-hybridized carbons (Fsp3) is 0.333. The van der Waals surface area contributed by atoms with Crippen molar-refractivity contribution in [3.63, 3.8) is 0 Å². The summed E-state index contributed by atoms with van der Waals surface area (Å²) in [6.07, 6.45) is 6.29. The van der Waals surface area contributed by atoms with E-state index < -0.39 is 0 Å². The van der Waals surface area contributed by atoms with E-state index in [2.05, 4.69) is 50.3 Å². The van der Waals surface area contributed by atoms with Crippen molar-refractivity contribution in [3.05, 3.63) is 45.1 Å². The summed E-state index contributed by atoms with van der Waals surface area (Å²) in [5.41, 5.74) is 1.14. The fourth-order valence-corrected chi connectivity index (χ4v) is 3.24. The Kier molecular flexibility index (Phi) is 4.65. The van der Waals surface area contributed by atoms with Crippen LogP contribution in [0, 0.1) is 0 Å². The summed E-state index contributed by atoms with van der Waals surface area (Å²) in [7, 11) is 0. The van der Waals surface area contributed by atoms with Gasteiger partial charge in [-0.3, -0.25) is 0 Å². The van der Waals surface area contributed by atoms with E-state index in [0.29, 0.717) is 0 Å². The Labute approximate surface area is 113 Å². The average molecular weight is 312 g/mol. The standard InChI is InChI=1S/C12H14BrN3S/c1-2-16-11(9-6-14-8-15-7-9)5-10-3-4-12(13)17-10/h3-4,6-8,11,16H,2,5H2,1H3. The first-order valence-corrected chi connectivity index (χ1v) is 7.13. The molecule has 0 aliphatic carbocycles. The Hall–Kier alpha value is -0.780. The normalized spacial score (nSPS) is 12.6. The molecule has 0 fully saturated rings. The molecule has 2 heterocycles. The summed E-state index contributed by atoms with van der Waals surface area (Å²) < 4.78 is 1.17. The lowest BCUT2D eigenvalue weighted by Crippen LogP contribution is -2.22. The summed E-state index contributed by atoms with van der Waals surface area (Å²) in [6.45, 7) is 3.05. The first-order chi connectivity index (χ1) is 8.29. The van der Waals surface area contributed by atoms with Gasteiger partial charge in [-0.25, -0.2) is 9.97 Å². The van der Waals surface area contributed by atoms with Crippen molar-refractivity contribution in [3.8, 4) is 0 Å². The molecule has 0 bridgehead atoms. The zero-order valence-corrected chi connectivity index (χ0v) is 12.0. The van der Waals surface area contributed by atoms with Crippen LogP contribution in [0.2, 0.25) is 0 Å². The topological polar surface area (TPSA) is 37.8 Å². The summed E-state index contributed by atoms with van der Waals surface area (Å²) in [5.74, 6) is 0. The number of nitrogens with zero attached hydrogens (tertiary/aromatic N) is 2. The number of hydrogen-bond acceptors (Lipinski definition) is 4. The summed E-state index contributed by atoms with van der Waals surface area (Å²) in [5, 5.41) is 3.47. The van der Waals surface area contributed by atoms with Crippen LogP contribution in [-0.4, -0.2) is 16.5 Å². The molecule has 2 aromatic rings. The third kappa shape index (κ3) is 3.59. The summed E-state index contributed by atoms with van der Waals surface area (Å²) in [6, 6.07) is 4.53. The Morgan fingerprint density at radius 3 is 2.71 bits per heavy atom. The number of nitrogens with one attached hydrogen (secondary N) is 1. The van der Waals surface area contributed by atoms with Gasteiger partial charge in [0.1, 0.15) is 6.33 Å². The number of thiophene rings is 1. The number of hydrogen-bond donors (Lipinski definition) is 1. The van der Waals surface area contributed by atoms with E-state index in [1.54, 1.807) is 17.7 Å². The first kappa shape index (κ1) is 12.7. The highest BCUT2D eigenvalue weighted by molar-refractivity contribution is 9.11. The van der Waals surface area contributed by atoms with Crippen LogP contribution in [0.15, 0.2) is 34.6 Å². The van der Waals surface area contributed by atoms with Crippen molar-refractivity contribution in [2.75, 3.05) is 6.54 Å². The van der Waals surface area contributed by atoms with Crippen LogP contribution < -0.4 is 5.32 Å². The molecule has 0 aliphatic heterocycles. The van der Waals surface area contributed by atoms with Gasteiger partial charge in [-0.15, -0.1) is 11.3 Å². The first-order valence-electron chi connectivity index (χ1n) is 5.52. The predicted octanol–water partition coefficient (Wildman–Crippen LogP) is 3.19. The minimum absolute atomic E-state index is 0.284. The third-order valence-corrected chi connectivity index (χ3v) is 4.11. The van der Waals surface area contributed by atoms with Crippen molar-refractivity contribution in [1.29, 1.82) is 0 Å². The minimum atomic E-state index is 0.284. The SMILES string of the molecule is CCNC(Cc1ccc(Br)s1)c1cncnc1. The highest BCUT2D eigenvalue weighted by atomic mass is 79.9. The predicted molar refractivity (Wildman–Crippen MR) is 74.2 cm³/mol. The average Bonchev–Trinajstić information content (AvgIpc) is 2.75. The smallest absolute Gasteiger partial charge is 0.115 e. The number of aromatic nitrogens is 2. The van der Waals surface area contributed by atoms with Gasteiger partial charge in [0, 0.05) is 35.3 Å². The van der Waals surface area contributed by atoms with Crippen molar-refractivity contribution >= 4 is 27.3 Å². The maximum Gasteiger partial charge on any atom is 0.115 e. The van der Waals surface area contributed by atoms with Gasteiger partial charge >= 0.3 is 0 Å². The number of rotatable bonds is 5. The van der Waals surface area contributed by atoms with Gasteiger partial charge in [-0.2, -0.15) is 0 Å². The van der Waals surface area contributed by atoms with Crippen LogP contribution in [0.5, 0.6) is 0 Å². The molecule has 0 aromatic carbocycles. The molecule has 0 spiro atoms. The van der Waals surface area contributed by atoms with E-state index in [9.17, 15) is 0 Å². The quantitative estimate of drug-likeness (QED) is 0.921. The Bertz CT molecular complexity index is 458. The van der Waals surface area contributed by atoms with Gasteiger partial charge in [-0.05, 0) is 34.6 Å². The van der Waals surface area contributed by atoms with Crippen LogP contribution in [0.25, 0.3) is 0 Å². The van der Waals surface area contributed by atoms with Crippen molar-refractivity contribution in [2.24, 2.45) is 0 Å². The molecule has 2 aromatic heterocycles. The lowest BCUT2D eigenvalue weighted by molar-refractivity contribution is 0.549. The summed E-state index contributed by atoms with van der Waals surface area (Å²) in [4.78, 5) is 9.51. The van der Waals surface area contributed by atoms with Gasteiger partial charge in [0.2, 0.25) is 0 Å². The molecule has 0 amide bonds. The zero-order valence-electron chi connectivity index (χ0n) is 9.56. The third-order valence-electron chi connectivity index (χ3n) is 2.47. The maximum absolute atomic E-state index is 4.08. The minimum Gasteiger partial charge on any atom is -0.310 e. The van der Waals surface area contributed by atoms with Gasteiger partial charge in [0.25, 0.3) is 0 Å². The molecule has 0 aliphatic rings. The lowest BCUT2D eigenvalue weighted by Gasteiger charge is -2.16. The van der Waals surface area contributed by atoms with Gasteiger partial charge < -0.3 is 5.32 Å². The van der Waals surface area contributed by atoms with Crippen molar-refractivity contribution in [2.45, 2.75) is 19.4 Å². The second kappa shape index (κ2) is 6.23. The van der Waals surface area contributed by atoms with E-state index in [-0.39, 0.29) is 6.04 Å². The molecular weight excluding hydrogens is 298 g/mol. The molecular formula is C12H14BrN3S. The van der Waals surface area contributed by atoms with Crippen molar-refractivity contribution < 1.29 is 0 Å².